The van der Waals surface area contributed by atoms with E-state index in [9.17, 15) is 9.59 Å². The summed E-state index contributed by atoms with van der Waals surface area (Å²) in [5, 5.41) is 4.03. The van der Waals surface area contributed by atoms with Crippen molar-refractivity contribution in [2.45, 2.75) is 19.3 Å². The number of carbonyl (C=O) groups excluding carboxylic acids is 2. The Balaban J connectivity index is 1.37. The molecule has 1 aromatic carbocycles. The topological polar surface area (TPSA) is 91.1 Å². The van der Waals surface area contributed by atoms with Crippen molar-refractivity contribution in [1.29, 1.82) is 0 Å². The largest absolute Gasteiger partial charge is 0.486 e. The lowest BCUT2D eigenvalue weighted by Crippen LogP contribution is -2.41. The molecule has 0 spiro atoms. The fraction of sp³-hybridized carbons (Fsp3) is 0.450. The standard InChI is InChI=1S/C20H22N2O6/c1-25-20(24)13-4-6-22(7-5-13)19(23)12-15-11-17(28-21-15)14-2-3-16-18(10-14)27-9-8-26-16/h2-3,10-11,13H,4-9,12H2,1H3. The number of esters is 1. The summed E-state index contributed by atoms with van der Waals surface area (Å²) in [6.07, 6.45) is 1.41. The second-order valence-corrected chi connectivity index (χ2v) is 6.90. The van der Waals surface area contributed by atoms with Crippen molar-refractivity contribution in [2.24, 2.45) is 5.92 Å². The minimum absolute atomic E-state index is 0.0228. The smallest absolute Gasteiger partial charge is 0.308 e. The van der Waals surface area contributed by atoms with Gasteiger partial charge in [-0.3, -0.25) is 9.59 Å². The van der Waals surface area contributed by atoms with Gasteiger partial charge in [0.25, 0.3) is 0 Å². The summed E-state index contributed by atoms with van der Waals surface area (Å²) in [5.74, 6) is 1.61. The summed E-state index contributed by atoms with van der Waals surface area (Å²) < 4.78 is 21.3. The van der Waals surface area contributed by atoms with Gasteiger partial charge in [-0.15, -0.1) is 0 Å². The highest BCUT2D eigenvalue weighted by molar-refractivity contribution is 5.79. The third-order valence-electron chi connectivity index (χ3n) is 5.10. The minimum Gasteiger partial charge on any atom is -0.486 e. The van der Waals surface area contributed by atoms with Gasteiger partial charge in [0.1, 0.15) is 13.2 Å². The number of hydrogen-bond donors (Lipinski definition) is 0. The van der Waals surface area contributed by atoms with Gasteiger partial charge in [0.15, 0.2) is 17.3 Å². The maximum Gasteiger partial charge on any atom is 0.308 e. The molecule has 1 aromatic heterocycles. The fourth-order valence-corrected chi connectivity index (χ4v) is 3.53. The molecule has 8 nitrogen and oxygen atoms in total. The summed E-state index contributed by atoms with van der Waals surface area (Å²) in [4.78, 5) is 25.9. The van der Waals surface area contributed by atoms with Gasteiger partial charge in [0, 0.05) is 24.7 Å². The third-order valence-corrected chi connectivity index (χ3v) is 5.10. The van der Waals surface area contributed by atoms with Crippen LogP contribution in [0.1, 0.15) is 18.5 Å². The second-order valence-electron chi connectivity index (χ2n) is 6.90. The number of methoxy groups -OCH3 is 1. The van der Waals surface area contributed by atoms with Gasteiger partial charge in [-0.05, 0) is 31.0 Å². The van der Waals surface area contributed by atoms with E-state index >= 15 is 0 Å². The molecule has 0 bridgehead atoms. The van der Waals surface area contributed by atoms with Gasteiger partial charge in [-0.25, -0.2) is 0 Å². The Kier molecular flexibility index (Phi) is 5.18. The fourth-order valence-electron chi connectivity index (χ4n) is 3.53. The minimum atomic E-state index is -0.201. The van der Waals surface area contributed by atoms with Crippen molar-refractivity contribution >= 4 is 11.9 Å². The van der Waals surface area contributed by atoms with Gasteiger partial charge < -0.3 is 23.6 Å². The number of carbonyl (C=O) groups is 2. The molecule has 0 aliphatic carbocycles. The predicted molar refractivity (Wildman–Crippen MR) is 98.0 cm³/mol. The first-order chi connectivity index (χ1) is 13.6. The Morgan fingerprint density at radius 1 is 1.14 bits per heavy atom. The van der Waals surface area contributed by atoms with Crippen molar-refractivity contribution in [3.8, 4) is 22.8 Å². The van der Waals surface area contributed by atoms with E-state index in [-0.39, 0.29) is 24.2 Å². The number of aromatic nitrogens is 1. The van der Waals surface area contributed by atoms with Crippen LogP contribution in [0, 0.1) is 5.92 Å². The van der Waals surface area contributed by atoms with Crippen LogP contribution >= 0.6 is 0 Å². The summed E-state index contributed by atoms with van der Waals surface area (Å²) >= 11 is 0. The number of hydrogen-bond acceptors (Lipinski definition) is 7. The Bertz CT molecular complexity index is 869. The van der Waals surface area contributed by atoms with Crippen LogP contribution in [0.15, 0.2) is 28.8 Å². The summed E-state index contributed by atoms with van der Waals surface area (Å²) in [7, 11) is 1.39. The molecule has 1 amide bonds. The molecule has 2 aliphatic rings. The molecule has 0 saturated carbocycles. The molecule has 0 N–H and O–H groups in total. The summed E-state index contributed by atoms with van der Waals surface area (Å²) in [5.41, 5.74) is 1.39. The van der Waals surface area contributed by atoms with E-state index in [2.05, 4.69) is 5.16 Å². The Labute approximate surface area is 162 Å². The van der Waals surface area contributed by atoms with E-state index in [0.29, 0.717) is 62.1 Å². The van der Waals surface area contributed by atoms with Crippen molar-refractivity contribution in [2.75, 3.05) is 33.4 Å². The van der Waals surface area contributed by atoms with Crippen molar-refractivity contribution in [1.82, 2.24) is 10.1 Å². The molecule has 3 heterocycles. The number of ether oxygens (including phenoxy) is 3. The van der Waals surface area contributed by atoms with E-state index in [1.807, 2.05) is 18.2 Å². The Morgan fingerprint density at radius 2 is 1.89 bits per heavy atom. The van der Waals surface area contributed by atoms with Crippen LogP contribution in [0.3, 0.4) is 0 Å². The zero-order valence-corrected chi connectivity index (χ0v) is 15.7. The van der Waals surface area contributed by atoms with Gasteiger partial charge in [-0.1, -0.05) is 5.16 Å². The van der Waals surface area contributed by atoms with Gasteiger partial charge in [-0.2, -0.15) is 0 Å². The van der Waals surface area contributed by atoms with Crippen LogP contribution in [-0.4, -0.2) is 55.3 Å². The first kappa shape index (κ1) is 18.3. The van der Waals surface area contributed by atoms with Crippen molar-refractivity contribution in [3.05, 3.63) is 30.0 Å². The van der Waals surface area contributed by atoms with Gasteiger partial charge in [0.05, 0.1) is 25.1 Å². The van der Waals surface area contributed by atoms with Crippen LogP contribution < -0.4 is 9.47 Å². The molecule has 0 unspecified atom stereocenters. The number of benzene rings is 1. The maximum absolute atomic E-state index is 12.5. The number of piperidine rings is 1. The van der Waals surface area contributed by atoms with Gasteiger partial charge in [0.2, 0.25) is 5.91 Å². The van der Waals surface area contributed by atoms with Crippen LogP contribution in [0.4, 0.5) is 0 Å². The number of fused-ring (bicyclic) bond motifs is 1. The lowest BCUT2D eigenvalue weighted by atomic mass is 9.97. The number of nitrogens with zero attached hydrogens (tertiary/aromatic N) is 2. The molecular weight excluding hydrogens is 364 g/mol. The summed E-state index contributed by atoms with van der Waals surface area (Å²) in [6.45, 7) is 2.15. The molecule has 2 aliphatic heterocycles. The number of amides is 1. The predicted octanol–water partition coefficient (Wildman–Crippen LogP) is 2.07. The lowest BCUT2D eigenvalue weighted by Gasteiger charge is -2.30. The highest BCUT2D eigenvalue weighted by Crippen LogP contribution is 2.34. The Morgan fingerprint density at radius 3 is 2.64 bits per heavy atom. The second kappa shape index (κ2) is 7.92. The maximum atomic E-state index is 12.5. The molecule has 0 radical (unpaired) electrons. The number of rotatable bonds is 4. The molecule has 8 heteroatoms. The third kappa shape index (κ3) is 3.81. The van der Waals surface area contributed by atoms with Crippen LogP contribution in [-0.2, 0) is 20.7 Å². The molecule has 1 fully saturated rings. The number of likely N-dealkylation sites (tertiary alicyclic amines) is 1. The van der Waals surface area contributed by atoms with Crippen LogP contribution in [0.5, 0.6) is 11.5 Å². The van der Waals surface area contributed by atoms with Crippen molar-refractivity contribution < 1.29 is 28.3 Å². The zero-order valence-electron chi connectivity index (χ0n) is 15.7. The molecule has 2 aromatic rings. The van der Waals surface area contributed by atoms with E-state index in [1.54, 1.807) is 11.0 Å². The Hall–Kier alpha value is -3.03. The lowest BCUT2D eigenvalue weighted by molar-refractivity contribution is -0.148. The van der Waals surface area contributed by atoms with Crippen LogP contribution in [0.25, 0.3) is 11.3 Å². The van der Waals surface area contributed by atoms with E-state index < -0.39 is 0 Å². The van der Waals surface area contributed by atoms with Gasteiger partial charge >= 0.3 is 5.97 Å². The van der Waals surface area contributed by atoms with E-state index in [1.165, 1.54) is 7.11 Å². The SMILES string of the molecule is COC(=O)C1CCN(C(=O)Cc2cc(-c3ccc4c(c3)OCCO4)on2)CC1. The average Bonchev–Trinajstić information content (AvgIpc) is 3.21. The molecule has 4 rings (SSSR count). The van der Waals surface area contributed by atoms with E-state index in [4.69, 9.17) is 18.7 Å². The first-order valence-electron chi connectivity index (χ1n) is 9.35. The zero-order chi connectivity index (χ0) is 19.5. The average molecular weight is 386 g/mol. The van der Waals surface area contributed by atoms with Crippen molar-refractivity contribution in [3.63, 3.8) is 0 Å². The highest BCUT2D eigenvalue weighted by Gasteiger charge is 2.28. The monoisotopic (exact) mass is 386 g/mol. The molecule has 28 heavy (non-hydrogen) atoms. The quantitative estimate of drug-likeness (QED) is 0.743. The molecular formula is C20H22N2O6. The molecule has 1 saturated heterocycles. The summed E-state index contributed by atoms with van der Waals surface area (Å²) in [6, 6.07) is 7.32. The van der Waals surface area contributed by atoms with E-state index in [0.717, 1.165) is 5.56 Å². The highest BCUT2D eigenvalue weighted by atomic mass is 16.6. The van der Waals surface area contributed by atoms with Crippen LogP contribution in [0.2, 0.25) is 0 Å². The molecule has 148 valence electrons. The first-order valence-corrected chi connectivity index (χ1v) is 9.35. The molecule has 0 atom stereocenters. The normalized spacial score (nSPS) is 16.7.